The van der Waals surface area contributed by atoms with Crippen molar-refractivity contribution in [2.75, 3.05) is 13.2 Å². The van der Waals surface area contributed by atoms with Crippen molar-refractivity contribution >= 4 is 5.91 Å². The predicted molar refractivity (Wildman–Crippen MR) is 65.3 cm³/mol. The lowest BCUT2D eigenvalue weighted by Crippen LogP contribution is -2.32. The molecule has 3 heteroatoms. The number of carbonyl (C=O) groups is 1. The van der Waals surface area contributed by atoms with Gasteiger partial charge in [-0.15, -0.1) is 0 Å². The topological polar surface area (TPSA) is 38.3 Å². The first-order valence-electron chi connectivity index (χ1n) is 6.37. The summed E-state index contributed by atoms with van der Waals surface area (Å²) in [5, 5.41) is 3.01. The van der Waals surface area contributed by atoms with Crippen LogP contribution in [0.1, 0.15) is 35.2 Å². The third kappa shape index (κ3) is 2.14. The molecule has 0 spiro atoms. The molecule has 90 valence electrons. The number of nitrogens with one attached hydrogen (secondary N) is 1. The van der Waals surface area contributed by atoms with E-state index < -0.39 is 0 Å². The molecule has 2 aliphatic rings. The van der Waals surface area contributed by atoms with Gasteiger partial charge in [-0.25, -0.2) is 0 Å². The first-order chi connectivity index (χ1) is 8.33. The molecule has 17 heavy (non-hydrogen) atoms. The first-order valence-corrected chi connectivity index (χ1v) is 6.37. The van der Waals surface area contributed by atoms with Crippen LogP contribution in [0.2, 0.25) is 0 Å². The number of fused-ring (bicyclic) bond motifs is 1. The summed E-state index contributed by atoms with van der Waals surface area (Å²) in [6.45, 7) is 1.56. The molecule has 1 heterocycles. The van der Waals surface area contributed by atoms with Crippen LogP contribution >= 0.6 is 0 Å². The summed E-state index contributed by atoms with van der Waals surface area (Å²) in [5.41, 5.74) is 1.91. The molecule has 3 nitrogen and oxygen atoms in total. The third-order valence-corrected chi connectivity index (χ3v) is 3.73. The molecule has 1 aromatic carbocycles. The van der Waals surface area contributed by atoms with Gasteiger partial charge in [0.05, 0.1) is 6.61 Å². The van der Waals surface area contributed by atoms with Gasteiger partial charge in [-0.05, 0) is 42.5 Å². The Morgan fingerprint density at radius 3 is 3.06 bits per heavy atom. The molecular weight excluding hydrogens is 214 g/mol. The summed E-state index contributed by atoms with van der Waals surface area (Å²) in [6, 6.07) is 5.71. The maximum atomic E-state index is 11.9. The highest BCUT2D eigenvalue weighted by Crippen LogP contribution is 2.27. The minimum Gasteiger partial charge on any atom is -0.493 e. The van der Waals surface area contributed by atoms with Crippen LogP contribution in [-0.4, -0.2) is 19.1 Å². The number of carbonyl (C=O) groups excluding carboxylic acids is 1. The van der Waals surface area contributed by atoms with Crippen molar-refractivity contribution in [3.8, 4) is 5.75 Å². The smallest absolute Gasteiger partial charge is 0.251 e. The predicted octanol–water partition coefficient (Wildman–Crippen LogP) is 2.15. The lowest BCUT2D eigenvalue weighted by molar-refractivity contribution is 0.0939. The molecule has 1 aromatic rings. The number of hydrogen-bond donors (Lipinski definition) is 1. The zero-order chi connectivity index (χ0) is 11.7. The molecule has 0 atom stereocenters. The van der Waals surface area contributed by atoms with Gasteiger partial charge in [0.2, 0.25) is 0 Å². The lowest BCUT2D eigenvalue weighted by Gasteiger charge is -2.25. The Balaban J connectivity index is 1.64. The molecular formula is C14H17NO2. The van der Waals surface area contributed by atoms with Crippen LogP contribution in [0.15, 0.2) is 18.2 Å². The quantitative estimate of drug-likeness (QED) is 0.865. The summed E-state index contributed by atoms with van der Waals surface area (Å²) >= 11 is 0. The van der Waals surface area contributed by atoms with Crippen LogP contribution in [0.3, 0.4) is 0 Å². The Morgan fingerprint density at radius 2 is 2.29 bits per heavy atom. The monoisotopic (exact) mass is 231 g/mol. The maximum Gasteiger partial charge on any atom is 0.251 e. The fraction of sp³-hybridized carbons (Fsp3) is 0.500. The van der Waals surface area contributed by atoms with E-state index in [0.29, 0.717) is 5.92 Å². The van der Waals surface area contributed by atoms with E-state index >= 15 is 0 Å². The van der Waals surface area contributed by atoms with E-state index in [0.717, 1.165) is 36.4 Å². The van der Waals surface area contributed by atoms with Crippen LogP contribution in [0.5, 0.6) is 5.75 Å². The van der Waals surface area contributed by atoms with Crippen LogP contribution in [0.25, 0.3) is 0 Å². The van der Waals surface area contributed by atoms with Gasteiger partial charge in [-0.3, -0.25) is 4.79 Å². The SMILES string of the molecule is O=C(NCC1CCC1)c1ccc2c(c1)CCO2. The molecule has 1 aliphatic heterocycles. The summed E-state index contributed by atoms with van der Waals surface area (Å²) in [6.07, 6.45) is 4.76. The van der Waals surface area contributed by atoms with E-state index in [-0.39, 0.29) is 5.91 Å². The molecule has 1 aliphatic carbocycles. The molecule has 1 saturated carbocycles. The first kappa shape index (κ1) is 10.6. The second kappa shape index (κ2) is 4.40. The Hall–Kier alpha value is -1.51. The highest BCUT2D eigenvalue weighted by Gasteiger charge is 2.19. The van der Waals surface area contributed by atoms with Crippen molar-refractivity contribution in [3.05, 3.63) is 29.3 Å². The molecule has 1 N–H and O–H groups in total. The molecule has 0 bridgehead atoms. The van der Waals surface area contributed by atoms with Crippen LogP contribution < -0.4 is 10.1 Å². The van der Waals surface area contributed by atoms with Gasteiger partial charge < -0.3 is 10.1 Å². The number of amides is 1. The molecule has 0 unspecified atom stereocenters. The molecule has 1 fully saturated rings. The number of benzene rings is 1. The van der Waals surface area contributed by atoms with Gasteiger partial charge in [0, 0.05) is 18.5 Å². The normalized spacial score (nSPS) is 18.1. The average Bonchev–Trinajstić information content (AvgIpc) is 2.73. The minimum atomic E-state index is 0.0478. The highest BCUT2D eigenvalue weighted by molar-refractivity contribution is 5.94. The van der Waals surface area contributed by atoms with Crippen LogP contribution in [0.4, 0.5) is 0 Å². The maximum absolute atomic E-state index is 11.9. The van der Waals surface area contributed by atoms with Crippen molar-refractivity contribution in [1.82, 2.24) is 5.32 Å². The molecule has 0 radical (unpaired) electrons. The molecule has 0 saturated heterocycles. The molecule has 1 amide bonds. The fourth-order valence-corrected chi connectivity index (χ4v) is 2.36. The average molecular weight is 231 g/mol. The van der Waals surface area contributed by atoms with Crippen LogP contribution in [-0.2, 0) is 6.42 Å². The van der Waals surface area contributed by atoms with Crippen molar-refractivity contribution in [2.45, 2.75) is 25.7 Å². The Morgan fingerprint density at radius 1 is 1.41 bits per heavy atom. The highest BCUT2D eigenvalue weighted by atomic mass is 16.5. The van der Waals surface area contributed by atoms with Crippen LogP contribution in [0, 0.1) is 5.92 Å². The molecule has 3 rings (SSSR count). The van der Waals surface area contributed by atoms with E-state index in [2.05, 4.69) is 5.32 Å². The summed E-state index contributed by atoms with van der Waals surface area (Å²) < 4.78 is 5.43. The van der Waals surface area contributed by atoms with Gasteiger partial charge in [-0.1, -0.05) is 6.42 Å². The second-order valence-electron chi connectivity index (χ2n) is 4.93. The number of hydrogen-bond acceptors (Lipinski definition) is 2. The van der Waals surface area contributed by atoms with Gasteiger partial charge >= 0.3 is 0 Å². The largest absolute Gasteiger partial charge is 0.493 e. The third-order valence-electron chi connectivity index (χ3n) is 3.73. The minimum absolute atomic E-state index is 0.0478. The standard InChI is InChI=1S/C14H17NO2/c16-14(15-9-10-2-1-3-10)12-4-5-13-11(8-12)6-7-17-13/h4-5,8,10H,1-3,6-7,9H2,(H,15,16). The van der Waals surface area contributed by atoms with Gasteiger partial charge in [0.1, 0.15) is 5.75 Å². The van der Waals surface area contributed by atoms with Crippen molar-refractivity contribution in [1.29, 1.82) is 0 Å². The fourth-order valence-electron chi connectivity index (χ4n) is 2.36. The van der Waals surface area contributed by atoms with Crippen molar-refractivity contribution in [2.24, 2.45) is 5.92 Å². The lowest BCUT2D eigenvalue weighted by atomic mass is 9.85. The molecule has 0 aromatic heterocycles. The van der Waals surface area contributed by atoms with Gasteiger partial charge in [0.25, 0.3) is 5.91 Å². The number of rotatable bonds is 3. The Kier molecular flexibility index (Phi) is 2.75. The zero-order valence-corrected chi connectivity index (χ0v) is 9.87. The summed E-state index contributed by atoms with van der Waals surface area (Å²) in [5.74, 6) is 1.68. The van der Waals surface area contributed by atoms with E-state index in [4.69, 9.17) is 4.74 Å². The van der Waals surface area contributed by atoms with Gasteiger partial charge in [-0.2, -0.15) is 0 Å². The summed E-state index contributed by atoms with van der Waals surface area (Å²) in [4.78, 5) is 11.9. The van der Waals surface area contributed by atoms with E-state index in [1.807, 2.05) is 18.2 Å². The zero-order valence-electron chi connectivity index (χ0n) is 9.87. The summed E-state index contributed by atoms with van der Waals surface area (Å²) in [7, 11) is 0. The van der Waals surface area contributed by atoms with Crippen molar-refractivity contribution in [3.63, 3.8) is 0 Å². The second-order valence-corrected chi connectivity index (χ2v) is 4.93. The van der Waals surface area contributed by atoms with E-state index in [1.54, 1.807) is 0 Å². The Bertz CT molecular complexity index is 438. The van der Waals surface area contributed by atoms with Gasteiger partial charge in [0.15, 0.2) is 0 Å². The van der Waals surface area contributed by atoms with E-state index in [9.17, 15) is 4.79 Å². The number of ether oxygens (including phenoxy) is 1. The Labute approximate surface area is 101 Å². The van der Waals surface area contributed by atoms with Crippen molar-refractivity contribution < 1.29 is 9.53 Å². The van der Waals surface area contributed by atoms with E-state index in [1.165, 1.54) is 19.3 Å².